The van der Waals surface area contributed by atoms with Gasteiger partial charge in [-0.3, -0.25) is 0 Å². The molecule has 1 N–H and O–H groups in total. The average Bonchev–Trinajstić information content (AvgIpc) is 3.07. The zero-order valence-corrected chi connectivity index (χ0v) is 15.5. The molecule has 5 nitrogen and oxygen atoms in total. The van der Waals surface area contributed by atoms with Crippen LogP contribution in [0.5, 0.6) is 5.75 Å². The van der Waals surface area contributed by atoms with Crippen LogP contribution in [0.1, 0.15) is 16.7 Å². The highest BCUT2D eigenvalue weighted by atomic mass is 32.2. The fourth-order valence-corrected chi connectivity index (χ4v) is 5.03. The first-order valence-electron chi connectivity index (χ1n) is 8.48. The lowest BCUT2D eigenvalue weighted by Crippen LogP contribution is -2.16. The highest BCUT2D eigenvalue weighted by Crippen LogP contribution is 2.40. The number of methoxy groups -OCH3 is 1. The summed E-state index contributed by atoms with van der Waals surface area (Å²) in [6.07, 6.45) is 2.79. The monoisotopic (exact) mass is 387 g/mol. The van der Waals surface area contributed by atoms with Gasteiger partial charge in [0.15, 0.2) is 0 Å². The standard InChI is InChI=1S/C20H18FNO4S/c1-26-16-7-5-13-6-8-18-14(12-23)11-22(20(18)19(13)10-16)27(24,25)17-4-2-3-15(21)9-17/h2-5,7,9-11,23H,6,8,12H2,1H3. The number of halogens is 1. The van der Waals surface area contributed by atoms with E-state index in [1.54, 1.807) is 13.2 Å². The van der Waals surface area contributed by atoms with Crippen LogP contribution in [0.4, 0.5) is 4.39 Å². The Labute approximate surface area is 156 Å². The van der Waals surface area contributed by atoms with Crippen molar-refractivity contribution in [2.24, 2.45) is 0 Å². The van der Waals surface area contributed by atoms with Gasteiger partial charge in [0.2, 0.25) is 0 Å². The topological polar surface area (TPSA) is 68.5 Å². The van der Waals surface area contributed by atoms with Gasteiger partial charge in [-0.05, 0) is 54.3 Å². The minimum absolute atomic E-state index is 0.139. The van der Waals surface area contributed by atoms with Gasteiger partial charge in [0.25, 0.3) is 10.0 Å². The summed E-state index contributed by atoms with van der Waals surface area (Å²) in [7, 11) is -2.48. The zero-order valence-electron chi connectivity index (χ0n) is 14.6. The highest BCUT2D eigenvalue weighted by Gasteiger charge is 2.30. The van der Waals surface area contributed by atoms with Crippen molar-refractivity contribution in [3.63, 3.8) is 0 Å². The molecule has 2 aromatic carbocycles. The number of benzene rings is 2. The van der Waals surface area contributed by atoms with Crippen LogP contribution in [0.3, 0.4) is 0 Å². The van der Waals surface area contributed by atoms with E-state index in [9.17, 15) is 17.9 Å². The van der Waals surface area contributed by atoms with Gasteiger partial charge in [0.05, 0.1) is 24.3 Å². The second-order valence-electron chi connectivity index (χ2n) is 6.42. The van der Waals surface area contributed by atoms with Gasteiger partial charge >= 0.3 is 0 Å². The van der Waals surface area contributed by atoms with Crippen molar-refractivity contribution < 1.29 is 22.7 Å². The van der Waals surface area contributed by atoms with E-state index < -0.39 is 15.8 Å². The van der Waals surface area contributed by atoms with Crippen LogP contribution in [0.15, 0.2) is 53.6 Å². The van der Waals surface area contributed by atoms with E-state index in [1.807, 2.05) is 12.1 Å². The van der Waals surface area contributed by atoms with Gasteiger partial charge in [-0.2, -0.15) is 0 Å². The van der Waals surface area contributed by atoms with Gasteiger partial charge in [-0.25, -0.2) is 16.8 Å². The van der Waals surface area contributed by atoms with E-state index in [4.69, 9.17) is 4.74 Å². The maximum Gasteiger partial charge on any atom is 0.268 e. The Bertz CT molecular complexity index is 1130. The lowest BCUT2D eigenvalue weighted by atomic mass is 9.88. The summed E-state index contributed by atoms with van der Waals surface area (Å²) < 4.78 is 46.6. The number of ether oxygens (including phenoxy) is 1. The molecule has 0 saturated carbocycles. The van der Waals surface area contributed by atoms with Crippen LogP contribution < -0.4 is 4.74 Å². The van der Waals surface area contributed by atoms with E-state index >= 15 is 0 Å². The van der Waals surface area contributed by atoms with Gasteiger partial charge in [-0.1, -0.05) is 12.1 Å². The molecule has 1 aliphatic rings. The first kappa shape index (κ1) is 17.8. The Hall–Kier alpha value is -2.64. The third kappa shape index (κ3) is 2.83. The molecule has 0 atom stereocenters. The molecule has 0 unspecified atom stereocenters. The van der Waals surface area contributed by atoms with Crippen molar-refractivity contribution in [3.05, 3.63) is 71.2 Å². The average molecular weight is 387 g/mol. The molecule has 3 aromatic rings. The molecule has 0 spiro atoms. The molecule has 27 heavy (non-hydrogen) atoms. The lowest BCUT2D eigenvalue weighted by molar-refractivity contribution is 0.281. The molecule has 0 amide bonds. The molecule has 7 heteroatoms. The van der Waals surface area contributed by atoms with Crippen LogP contribution >= 0.6 is 0 Å². The first-order chi connectivity index (χ1) is 13.0. The maximum absolute atomic E-state index is 13.6. The number of hydrogen-bond acceptors (Lipinski definition) is 4. The first-order valence-corrected chi connectivity index (χ1v) is 9.92. The van der Waals surface area contributed by atoms with Crippen molar-refractivity contribution in [2.75, 3.05) is 7.11 Å². The zero-order chi connectivity index (χ0) is 19.2. The van der Waals surface area contributed by atoms with Crippen molar-refractivity contribution in [1.82, 2.24) is 3.97 Å². The summed E-state index contributed by atoms with van der Waals surface area (Å²) in [5.41, 5.74) is 3.59. The molecule has 0 bridgehead atoms. The Morgan fingerprint density at radius 1 is 1.19 bits per heavy atom. The van der Waals surface area contributed by atoms with Crippen LogP contribution in [0.25, 0.3) is 11.3 Å². The summed E-state index contributed by atoms with van der Waals surface area (Å²) in [6.45, 7) is -0.271. The quantitative estimate of drug-likeness (QED) is 0.747. The number of aliphatic hydroxyl groups is 1. The normalized spacial score (nSPS) is 13.1. The Kier molecular flexibility index (Phi) is 4.28. The number of aromatic nitrogens is 1. The minimum atomic E-state index is -4.03. The molecular weight excluding hydrogens is 369 g/mol. The number of fused-ring (bicyclic) bond motifs is 3. The van der Waals surface area contributed by atoms with Crippen LogP contribution in [-0.4, -0.2) is 24.6 Å². The van der Waals surface area contributed by atoms with E-state index in [0.29, 0.717) is 23.4 Å². The maximum atomic E-state index is 13.6. The molecule has 0 aliphatic heterocycles. The molecule has 4 rings (SSSR count). The molecule has 1 heterocycles. The molecule has 0 fully saturated rings. The number of rotatable bonds is 4. The summed E-state index contributed by atoms with van der Waals surface area (Å²) in [5.74, 6) is -0.00963. The fourth-order valence-electron chi connectivity index (χ4n) is 3.58. The summed E-state index contributed by atoms with van der Waals surface area (Å²) in [5, 5.41) is 9.74. The van der Waals surface area contributed by atoms with Crippen LogP contribution in [-0.2, 0) is 29.5 Å². The van der Waals surface area contributed by atoms with E-state index in [0.717, 1.165) is 33.1 Å². The predicted octanol–water partition coefficient (Wildman–Crippen LogP) is 3.13. The molecule has 1 aromatic heterocycles. The Balaban J connectivity index is 2.00. The molecule has 0 saturated heterocycles. The van der Waals surface area contributed by atoms with E-state index in [2.05, 4.69) is 0 Å². The van der Waals surface area contributed by atoms with Crippen molar-refractivity contribution >= 4 is 10.0 Å². The largest absolute Gasteiger partial charge is 0.497 e. The van der Waals surface area contributed by atoms with Gasteiger partial charge < -0.3 is 9.84 Å². The summed E-state index contributed by atoms with van der Waals surface area (Å²) in [4.78, 5) is -0.139. The smallest absolute Gasteiger partial charge is 0.268 e. The lowest BCUT2D eigenvalue weighted by Gasteiger charge is -2.21. The third-order valence-corrected chi connectivity index (χ3v) is 6.56. The molecule has 140 valence electrons. The Morgan fingerprint density at radius 3 is 2.70 bits per heavy atom. The third-order valence-electron chi connectivity index (χ3n) is 4.91. The fraction of sp³-hybridized carbons (Fsp3) is 0.200. The van der Waals surface area contributed by atoms with Gasteiger partial charge in [0.1, 0.15) is 11.6 Å². The summed E-state index contributed by atoms with van der Waals surface area (Å²) in [6, 6.07) is 10.5. The minimum Gasteiger partial charge on any atom is -0.497 e. The SMILES string of the molecule is COc1ccc2c(c1)-c1c(c(CO)cn1S(=O)(=O)c1cccc(F)c1)CC2. The van der Waals surface area contributed by atoms with E-state index in [-0.39, 0.29) is 11.5 Å². The Morgan fingerprint density at radius 2 is 2.00 bits per heavy atom. The van der Waals surface area contributed by atoms with Gasteiger partial charge in [0, 0.05) is 17.3 Å². The summed E-state index contributed by atoms with van der Waals surface area (Å²) >= 11 is 0. The van der Waals surface area contributed by atoms with Crippen molar-refractivity contribution in [2.45, 2.75) is 24.3 Å². The van der Waals surface area contributed by atoms with Crippen LogP contribution in [0.2, 0.25) is 0 Å². The molecule has 1 aliphatic carbocycles. The molecular formula is C20H18FNO4S. The van der Waals surface area contributed by atoms with Crippen LogP contribution in [0, 0.1) is 5.82 Å². The number of aliphatic hydroxyl groups excluding tert-OH is 1. The number of hydrogen-bond donors (Lipinski definition) is 1. The molecule has 0 radical (unpaired) electrons. The number of aryl methyl sites for hydroxylation is 1. The second-order valence-corrected chi connectivity index (χ2v) is 8.24. The van der Waals surface area contributed by atoms with E-state index in [1.165, 1.54) is 24.4 Å². The highest BCUT2D eigenvalue weighted by molar-refractivity contribution is 7.90. The predicted molar refractivity (Wildman–Crippen MR) is 98.7 cm³/mol. The van der Waals surface area contributed by atoms with Gasteiger partial charge in [-0.15, -0.1) is 0 Å². The number of nitrogens with zero attached hydrogens (tertiary/aromatic N) is 1. The van der Waals surface area contributed by atoms with Crippen molar-refractivity contribution in [1.29, 1.82) is 0 Å². The van der Waals surface area contributed by atoms with Crippen molar-refractivity contribution in [3.8, 4) is 17.0 Å². The second kappa shape index (κ2) is 6.51.